The molecule has 9 heavy (non-hydrogen) atoms. The molecule has 52 valence electrons. The lowest BCUT2D eigenvalue weighted by Crippen LogP contribution is -2.18. The zero-order chi connectivity index (χ0) is 7.11. The van der Waals surface area contributed by atoms with Crippen molar-refractivity contribution in [3.8, 4) is 11.8 Å². The van der Waals surface area contributed by atoms with Crippen LogP contribution in [0.3, 0.4) is 0 Å². The highest BCUT2D eigenvalue weighted by molar-refractivity contribution is 4.96. The first-order chi connectivity index (χ1) is 4.31. The van der Waals surface area contributed by atoms with Crippen LogP contribution in [0.15, 0.2) is 0 Å². The minimum atomic E-state index is -0.817. The lowest BCUT2D eigenvalue weighted by atomic mass is 10.3. The predicted molar refractivity (Wildman–Crippen MR) is 36.9 cm³/mol. The molecule has 1 nitrogen and oxygen atoms in total. The fourth-order valence-electron chi connectivity index (χ4n) is 0.506. The molecule has 1 unspecified atom stereocenters. The molecule has 0 aliphatic rings. The highest BCUT2D eigenvalue weighted by atomic mass is 19.1. The fourth-order valence-corrected chi connectivity index (χ4v) is 0.506. The number of halogens is 1. The van der Waals surface area contributed by atoms with Gasteiger partial charge in [-0.15, -0.1) is 11.8 Å². The SMILES string of the molecule is CC#CCC(F)CNC. The Kier molecular flexibility index (Phi) is 5.24. The average molecular weight is 129 g/mol. The Bertz CT molecular complexity index is 112. The summed E-state index contributed by atoms with van der Waals surface area (Å²) in [5.41, 5.74) is 0. The molecule has 0 heterocycles. The molecular weight excluding hydrogens is 117 g/mol. The van der Waals surface area contributed by atoms with Crippen LogP contribution in [0.1, 0.15) is 13.3 Å². The summed E-state index contributed by atoms with van der Waals surface area (Å²) in [4.78, 5) is 0. The summed E-state index contributed by atoms with van der Waals surface area (Å²) in [7, 11) is 1.73. The van der Waals surface area contributed by atoms with Gasteiger partial charge in [-0.2, -0.15) is 0 Å². The monoisotopic (exact) mass is 129 g/mol. The number of hydrogen-bond donors (Lipinski definition) is 1. The second-order valence-electron chi connectivity index (χ2n) is 1.79. The van der Waals surface area contributed by atoms with Crippen LogP contribution >= 0.6 is 0 Å². The molecule has 0 spiro atoms. The van der Waals surface area contributed by atoms with Gasteiger partial charge in [0.2, 0.25) is 0 Å². The van der Waals surface area contributed by atoms with Crippen molar-refractivity contribution in [3.05, 3.63) is 0 Å². The Labute approximate surface area is 55.6 Å². The number of alkyl halides is 1. The summed E-state index contributed by atoms with van der Waals surface area (Å²) in [6, 6.07) is 0. The number of rotatable bonds is 3. The fraction of sp³-hybridized carbons (Fsp3) is 0.714. The summed E-state index contributed by atoms with van der Waals surface area (Å²) in [6.07, 6.45) is -0.473. The van der Waals surface area contributed by atoms with Gasteiger partial charge < -0.3 is 5.32 Å². The van der Waals surface area contributed by atoms with E-state index in [0.717, 1.165) is 0 Å². The smallest absolute Gasteiger partial charge is 0.123 e. The second-order valence-corrected chi connectivity index (χ2v) is 1.79. The zero-order valence-corrected chi connectivity index (χ0v) is 5.87. The van der Waals surface area contributed by atoms with Crippen LogP contribution in [0.4, 0.5) is 4.39 Å². The van der Waals surface area contributed by atoms with Gasteiger partial charge in [-0.3, -0.25) is 0 Å². The van der Waals surface area contributed by atoms with Gasteiger partial charge in [0.25, 0.3) is 0 Å². The van der Waals surface area contributed by atoms with Crippen molar-refractivity contribution in [3.63, 3.8) is 0 Å². The second kappa shape index (κ2) is 5.58. The van der Waals surface area contributed by atoms with Crippen molar-refractivity contribution >= 4 is 0 Å². The molecule has 0 aromatic heterocycles. The van der Waals surface area contributed by atoms with E-state index in [-0.39, 0.29) is 0 Å². The lowest BCUT2D eigenvalue weighted by Gasteiger charge is -2.00. The minimum Gasteiger partial charge on any atom is -0.317 e. The molecular formula is C7H12FN. The third kappa shape index (κ3) is 5.32. The minimum absolute atomic E-state index is 0.345. The number of hydrogen-bond acceptors (Lipinski definition) is 1. The molecule has 0 radical (unpaired) electrons. The summed E-state index contributed by atoms with van der Waals surface area (Å²) >= 11 is 0. The Morgan fingerprint density at radius 2 is 2.33 bits per heavy atom. The molecule has 0 amide bonds. The van der Waals surface area contributed by atoms with Gasteiger partial charge in [-0.05, 0) is 14.0 Å². The summed E-state index contributed by atoms with van der Waals surface area (Å²) < 4.78 is 12.4. The van der Waals surface area contributed by atoms with Crippen molar-refractivity contribution in [2.75, 3.05) is 13.6 Å². The largest absolute Gasteiger partial charge is 0.317 e. The van der Waals surface area contributed by atoms with Gasteiger partial charge in [0, 0.05) is 13.0 Å². The third-order valence-electron chi connectivity index (χ3n) is 0.926. The van der Waals surface area contributed by atoms with E-state index in [1.165, 1.54) is 0 Å². The average Bonchev–Trinajstić information content (AvgIpc) is 1.85. The Hall–Kier alpha value is -0.550. The van der Waals surface area contributed by atoms with E-state index < -0.39 is 6.17 Å². The first-order valence-corrected chi connectivity index (χ1v) is 2.99. The Morgan fingerprint density at radius 1 is 1.67 bits per heavy atom. The first-order valence-electron chi connectivity index (χ1n) is 2.99. The summed E-state index contributed by atoms with van der Waals surface area (Å²) in [5, 5.41) is 2.73. The van der Waals surface area contributed by atoms with Gasteiger partial charge in [-0.1, -0.05) is 0 Å². The third-order valence-corrected chi connectivity index (χ3v) is 0.926. The van der Waals surface area contributed by atoms with Crippen molar-refractivity contribution in [2.45, 2.75) is 19.5 Å². The molecule has 0 aliphatic carbocycles. The van der Waals surface area contributed by atoms with E-state index in [1.807, 2.05) is 0 Å². The summed E-state index contributed by atoms with van der Waals surface area (Å²) in [6.45, 7) is 2.11. The quantitative estimate of drug-likeness (QED) is 0.559. The van der Waals surface area contributed by atoms with Crippen LogP contribution in [0.5, 0.6) is 0 Å². The van der Waals surface area contributed by atoms with Crippen molar-refractivity contribution in [1.82, 2.24) is 5.32 Å². The highest BCUT2D eigenvalue weighted by Gasteiger charge is 1.99. The molecule has 0 bridgehead atoms. The van der Waals surface area contributed by atoms with Gasteiger partial charge >= 0.3 is 0 Å². The van der Waals surface area contributed by atoms with Gasteiger partial charge in [-0.25, -0.2) is 4.39 Å². The lowest BCUT2D eigenvalue weighted by molar-refractivity contribution is 0.332. The standard InChI is InChI=1S/C7H12FN/c1-3-4-5-7(8)6-9-2/h7,9H,5-6H2,1-2H3. The van der Waals surface area contributed by atoms with E-state index in [4.69, 9.17) is 0 Å². The maximum Gasteiger partial charge on any atom is 0.123 e. The van der Waals surface area contributed by atoms with Crippen LogP contribution in [0.25, 0.3) is 0 Å². The van der Waals surface area contributed by atoms with E-state index in [1.54, 1.807) is 14.0 Å². The summed E-state index contributed by atoms with van der Waals surface area (Å²) in [5.74, 6) is 5.31. The van der Waals surface area contributed by atoms with Crippen molar-refractivity contribution in [2.24, 2.45) is 0 Å². The molecule has 1 atom stereocenters. The van der Waals surface area contributed by atoms with E-state index in [2.05, 4.69) is 17.2 Å². The molecule has 0 fully saturated rings. The van der Waals surface area contributed by atoms with Gasteiger partial charge in [0.05, 0.1) is 0 Å². The molecule has 0 aromatic carbocycles. The molecule has 1 N–H and O–H groups in total. The van der Waals surface area contributed by atoms with E-state index in [0.29, 0.717) is 13.0 Å². The molecule has 0 rings (SSSR count). The molecule has 2 heteroatoms. The van der Waals surface area contributed by atoms with Crippen LogP contribution < -0.4 is 5.32 Å². The van der Waals surface area contributed by atoms with E-state index in [9.17, 15) is 4.39 Å². The van der Waals surface area contributed by atoms with Crippen LogP contribution in [0.2, 0.25) is 0 Å². The topological polar surface area (TPSA) is 12.0 Å². The van der Waals surface area contributed by atoms with Crippen LogP contribution in [0, 0.1) is 11.8 Å². The molecule has 0 saturated heterocycles. The van der Waals surface area contributed by atoms with Crippen molar-refractivity contribution in [1.29, 1.82) is 0 Å². The predicted octanol–water partition coefficient (Wildman–Crippen LogP) is 0.957. The molecule has 0 aliphatic heterocycles. The van der Waals surface area contributed by atoms with Crippen molar-refractivity contribution < 1.29 is 4.39 Å². The Balaban J connectivity index is 3.22. The maximum absolute atomic E-state index is 12.4. The Morgan fingerprint density at radius 3 is 2.78 bits per heavy atom. The normalized spacial score (nSPS) is 11.9. The van der Waals surface area contributed by atoms with Gasteiger partial charge in [0.15, 0.2) is 0 Å². The van der Waals surface area contributed by atoms with Crippen LogP contribution in [-0.4, -0.2) is 19.8 Å². The van der Waals surface area contributed by atoms with Gasteiger partial charge in [0.1, 0.15) is 6.17 Å². The zero-order valence-electron chi connectivity index (χ0n) is 5.87. The molecule has 0 saturated carbocycles. The highest BCUT2D eigenvalue weighted by Crippen LogP contribution is 1.92. The maximum atomic E-state index is 12.4. The van der Waals surface area contributed by atoms with Crippen LogP contribution in [-0.2, 0) is 0 Å². The first kappa shape index (κ1) is 8.45. The van der Waals surface area contributed by atoms with E-state index >= 15 is 0 Å². The molecule has 0 aromatic rings. The number of nitrogens with one attached hydrogen (secondary N) is 1.